The second-order valence-electron chi connectivity index (χ2n) is 1.89. The average Bonchev–Trinajstić information content (AvgIpc) is 1.64. The summed E-state index contributed by atoms with van der Waals surface area (Å²) in [4.78, 5) is 0. The molecular formula is C4H10ClN3. The quantitative estimate of drug-likeness (QED) is 0.307. The molecule has 8 heavy (non-hydrogen) atoms. The van der Waals surface area contributed by atoms with Gasteiger partial charge in [0, 0.05) is 13.1 Å². The van der Waals surface area contributed by atoms with Crippen LogP contribution in [0.5, 0.6) is 0 Å². The summed E-state index contributed by atoms with van der Waals surface area (Å²) in [6.07, 6.45) is 0.861. The van der Waals surface area contributed by atoms with Gasteiger partial charge in [-0.05, 0) is 0 Å². The molecule has 0 aromatic rings. The van der Waals surface area contributed by atoms with Gasteiger partial charge in [-0.2, -0.15) is 0 Å². The van der Waals surface area contributed by atoms with Gasteiger partial charge in [-0.1, -0.05) is 0 Å². The van der Waals surface area contributed by atoms with E-state index in [2.05, 4.69) is 10.6 Å². The summed E-state index contributed by atoms with van der Waals surface area (Å²) in [5, 5.41) is 5.98. The Morgan fingerprint density at radius 1 is 1.50 bits per heavy atom. The largest absolute Gasteiger partial charge is 0.316 e. The summed E-state index contributed by atoms with van der Waals surface area (Å²) in [7, 11) is 0. The van der Waals surface area contributed by atoms with Gasteiger partial charge in [0.1, 0.15) is 0 Å². The summed E-state index contributed by atoms with van der Waals surface area (Å²) in [6.45, 7) is 0.718. The number of hydrogen-bond acceptors (Lipinski definition) is 3. The maximum atomic E-state index is 5.68. The van der Waals surface area contributed by atoms with Crippen LogP contribution in [0.1, 0.15) is 6.42 Å². The summed E-state index contributed by atoms with van der Waals surface area (Å²) in [6, 6.07) is 0. The van der Waals surface area contributed by atoms with Crippen LogP contribution in [0.4, 0.5) is 0 Å². The second kappa shape index (κ2) is 2.64. The molecule has 0 aromatic heterocycles. The Morgan fingerprint density at radius 3 is 2.62 bits per heavy atom. The van der Waals surface area contributed by atoms with E-state index in [1.54, 1.807) is 0 Å². The molecule has 0 amide bonds. The van der Waals surface area contributed by atoms with Crippen LogP contribution < -0.4 is 16.4 Å². The van der Waals surface area contributed by atoms with E-state index in [0.29, 0.717) is 0 Å². The lowest BCUT2D eigenvalue weighted by atomic mass is 10.3. The summed E-state index contributed by atoms with van der Waals surface area (Å²) < 4.78 is 0. The third-order valence-corrected chi connectivity index (χ3v) is 1.48. The highest BCUT2D eigenvalue weighted by atomic mass is 35.5. The van der Waals surface area contributed by atoms with E-state index in [0.717, 1.165) is 13.1 Å². The van der Waals surface area contributed by atoms with Crippen molar-refractivity contribution >= 4 is 11.6 Å². The standard InChI is InChI=1S/C4H10ClN3/c5-3-1-4(6)8-2-7-3/h3-4,7-8H,1-2,6H2. The molecule has 3 nitrogen and oxygen atoms in total. The smallest absolute Gasteiger partial charge is 0.0862 e. The highest BCUT2D eigenvalue weighted by molar-refractivity contribution is 6.20. The predicted octanol–water partition coefficient (Wildman–Crippen LogP) is -0.624. The third-order valence-electron chi connectivity index (χ3n) is 1.15. The van der Waals surface area contributed by atoms with E-state index in [4.69, 9.17) is 17.3 Å². The number of rotatable bonds is 0. The van der Waals surface area contributed by atoms with Gasteiger partial charge in [0.25, 0.3) is 0 Å². The fourth-order valence-corrected chi connectivity index (χ4v) is 0.959. The molecule has 1 aliphatic heterocycles. The Balaban J connectivity index is 2.23. The Hall–Kier alpha value is 0.170. The lowest BCUT2D eigenvalue weighted by Crippen LogP contribution is -2.52. The van der Waals surface area contributed by atoms with Gasteiger partial charge >= 0.3 is 0 Å². The van der Waals surface area contributed by atoms with Gasteiger partial charge in [-0.3, -0.25) is 10.6 Å². The van der Waals surface area contributed by atoms with Crippen LogP contribution in [0.25, 0.3) is 0 Å². The molecule has 4 heteroatoms. The molecule has 1 saturated heterocycles. The average molecular weight is 136 g/mol. The van der Waals surface area contributed by atoms with E-state index in [1.165, 1.54) is 0 Å². The molecule has 48 valence electrons. The second-order valence-corrected chi connectivity index (χ2v) is 2.42. The molecule has 0 aromatic carbocycles. The van der Waals surface area contributed by atoms with Gasteiger partial charge in [0.05, 0.1) is 11.7 Å². The molecule has 1 rings (SSSR count). The number of nitrogens with one attached hydrogen (secondary N) is 2. The molecule has 4 N–H and O–H groups in total. The number of nitrogens with two attached hydrogens (primary N) is 1. The van der Waals surface area contributed by atoms with Crippen molar-refractivity contribution in [2.45, 2.75) is 18.1 Å². The monoisotopic (exact) mass is 135 g/mol. The molecule has 0 aliphatic carbocycles. The fourth-order valence-electron chi connectivity index (χ4n) is 0.690. The van der Waals surface area contributed by atoms with Gasteiger partial charge in [-0.15, -0.1) is 11.6 Å². The minimum Gasteiger partial charge on any atom is -0.316 e. The lowest BCUT2D eigenvalue weighted by molar-refractivity contribution is 0.374. The molecule has 2 unspecified atom stereocenters. The lowest BCUT2D eigenvalue weighted by Gasteiger charge is -2.24. The Kier molecular flexibility index (Phi) is 2.08. The maximum absolute atomic E-state index is 5.68. The summed E-state index contributed by atoms with van der Waals surface area (Å²) in [5.74, 6) is 0. The molecule has 0 spiro atoms. The van der Waals surface area contributed by atoms with Crippen molar-refractivity contribution in [2.24, 2.45) is 5.73 Å². The summed E-state index contributed by atoms with van der Waals surface area (Å²) in [5.41, 5.74) is 5.54. The molecule has 1 fully saturated rings. The zero-order valence-corrected chi connectivity index (χ0v) is 5.28. The topological polar surface area (TPSA) is 50.1 Å². The molecule has 2 atom stereocenters. The van der Waals surface area contributed by atoms with Crippen LogP contribution in [0.15, 0.2) is 0 Å². The van der Waals surface area contributed by atoms with E-state index >= 15 is 0 Å². The molecule has 0 radical (unpaired) electrons. The number of alkyl halides is 1. The van der Waals surface area contributed by atoms with Crippen LogP contribution in [-0.2, 0) is 0 Å². The maximum Gasteiger partial charge on any atom is 0.0862 e. The van der Waals surface area contributed by atoms with E-state index in [-0.39, 0.29) is 11.7 Å². The van der Waals surface area contributed by atoms with Gasteiger partial charge < -0.3 is 5.73 Å². The van der Waals surface area contributed by atoms with Crippen molar-refractivity contribution in [1.82, 2.24) is 10.6 Å². The van der Waals surface area contributed by atoms with E-state index in [9.17, 15) is 0 Å². The first-order chi connectivity index (χ1) is 3.79. The minimum atomic E-state index is 0.0475. The molecule has 0 saturated carbocycles. The third kappa shape index (κ3) is 1.59. The van der Waals surface area contributed by atoms with E-state index in [1.807, 2.05) is 0 Å². The number of halogens is 1. The zero-order valence-electron chi connectivity index (χ0n) is 4.52. The molecular weight excluding hydrogens is 126 g/mol. The van der Waals surface area contributed by atoms with E-state index < -0.39 is 0 Å². The van der Waals surface area contributed by atoms with Crippen molar-refractivity contribution in [1.29, 1.82) is 0 Å². The highest BCUT2D eigenvalue weighted by Crippen LogP contribution is 2.01. The first kappa shape index (κ1) is 6.29. The van der Waals surface area contributed by atoms with Crippen LogP contribution in [-0.4, -0.2) is 18.3 Å². The summed E-state index contributed by atoms with van der Waals surface area (Å²) >= 11 is 5.68. The van der Waals surface area contributed by atoms with Gasteiger partial charge in [0.2, 0.25) is 0 Å². The van der Waals surface area contributed by atoms with Crippen LogP contribution in [0.3, 0.4) is 0 Å². The SMILES string of the molecule is NC1CC(Cl)NCN1. The van der Waals surface area contributed by atoms with Gasteiger partial charge in [0.15, 0.2) is 0 Å². The predicted molar refractivity (Wildman–Crippen MR) is 33.4 cm³/mol. The Labute approximate surface area is 53.6 Å². The van der Waals surface area contributed by atoms with Crippen LogP contribution in [0.2, 0.25) is 0 Å². The van der Waals surface area contributed by atoms with Crippen LogP contribution >= 0.6 is 11.6 Å². The number of hydrogen-bond donors (Lipinski definition) is 3. The highest BCUT2D eigenvalue weighted by Gasteiger charge is 2.13. The van der Waals surface area contributed by atoms with Crippen molar-refractivity contribution in [3.8, 4) is 0 Å². The molecule has 0 bridgehead atoms. The van der Waals surface area contributed by atoms with Gasteiger partial charge in [-0.25, -0.2) is 0 Å². The molecule has 1 aliphatic rings. The van der Waals surface area contributed by atoms with Crippen LogP contribution in [0, 0.1) is 0 Å². The van der Waals surface area contributed by atoms with Crippen molar-refractivity contribution in [2.75, 3.05) is 6.67 Å². The molecule has 1 heterocycles. The Morgan fingerprint density at radius 2 is 2.25 bits per heavy atom. The van der Waals surface area contributed by atoms with Crippen molar-refractivity contribution in [3.05, 3.63) is 0 Å². The zero-order chi connectivity index (χ0) is 5.98. The normalized spacial score (nSPS) is 39.8. The van der Waals surface area contributed by atoms with Crippen molar-refractivity contribution < 1.29 is 0 Å². The van der Waals surface area contributed by atoms with Crippen molar-refractivity contribution in [3.63, 3.8) is 0 Å². The minimum absolute atomic E-state index is 0.0475. The first-order valence-corrected chi connectivity index (χ1v) is 3.09. The first-order valence-electron chi connectivity index (χ1n) is 2.65. The fraction of sp³-hybridized carbons (Fsp3) is 1.00. The Bertz CT molecular complexity index is 69.7.